The minimum atomic E-state index is -1.27. The summed E-state index contributed by atoms with van der Waals surface area (Å²) in [6.07, 6.45) is 1.53. The van der Waals surface area contributed by atoms with E-state index in [9.17, 15) is 9.90 Å². The van der Waals surface area contributed by atoms with Crippen LogP contribution in [0.5, 0.6) is 17.2 Å². The third-order valence-corrected chi connectivity index (χ3v) is 4.52. The number of methoxy groups -OCH3 is 3. The SMILES string of the molecule is COc1cc(/C=C(/C(=O)[O-])c2ccc(-c3ccccc3)cc2)cc(OC)c1OC. The van der Waals surface area contributed by atoms with E-state index in [2.05, 4.69) is 0 Å². The number of carbonyl (C=O) groups is 1. The van der Waals surface area contributed by atoms with Gasteiger partial charge in [-0.2, -0.15) is 0 Å². The smallest absolute Gasteiger partial charge is 0.203 e. The lowest BCUT2D eigenvalue weighted by molar-refractivity contribution is -0.295. The summed E-state index contributed by atoms with van der Waals surface area (Å²) in [5.74, 6) is 0.0472. The first kappa shape index (κ1) is 20.0. The fourth-order valence-corrected chi connectivity index (χ4v) is 3.08. The molecule has 3 rings (SSSR count). The third kappa shape index (κ3) is 4.41. The second-order valence-electron chi connectivity index (χ2n) is 6.25. The summed E-state index contributed by atoms with van der Waals surface area (Å²) in [5.41, 5.74) is 3.24. The van der Waals surface area contributed by atoms with Crippen LogP contribution in [0.15, 0.2) is 66.7 Å². The van der Waals surface area contributed by atoms with E-state index in [1.165, 1.54) is 27.4 Å². The van der Waals surface area contributed by atoms with Crippen molar-refractivity contribution >= 4 is 17.6 Å². The van der Waals surface area contributed by atoms with Crippen molar-refractivity contribution in [3.8, 4) is 28.4 Å². The molecule has 0 radical (unpaired) electrons. The van der Waals surface area contributed by atoms with Crippen molar-refractivity contribution in [2.45, 2.75) is 0 Å². The number of ether oxygens (including phenoxy) is 3. The number of carboxylic acids is 1. The van der Waals surface area contributed by atoms with Crippen LogP contribution in [-0.2, 0) is 4.79 Å². The summed E-state index contributed by atoms with van der Waals surface area (Å²) >= 11 is 0. The number of carboxylic acid groups (broad SMARTS) is 1. The topological polar surface area (TPSA) is 67.8 Å². The van der Waals surface area contributed by atoms with Gasteiger partial charge >= 0.3 is 0 Å². The molecule has 0 aromatic heterocycles. The Labute approximate surface area is 169 Å². The second-order valence-corrected chi connectivity index (χ2v) is 6.25. The standard InChI is InChI=1S/C24H22O5/c1-27-21-14-16(15-22(28-2)23(21)29-3)13-20(24(25)26)19-11-9-18(10-12-19)17-7-5-4-6-8-17/h4-15H,1-3H3,(H,25,26)/p-1/b20-13+. The van der Waals surface area contributed by atoms with Gasteiger partial charge in [-0.3, -0.25) is 0 Å². The molecular weight excluding hydrogens is 368 g/mol. The average molecular weight is 389 g/mol. The van der Waals surface area contributed by atoms with E-state index in [1.807, 2.05) is 42.5 Å². The van der Waals surface area contributed by atoms with Crippen molar-refractivity contribution in [1.82, 2.24) is 0 Å². The van der Waals surface area contributed by atoms with Crippen molar-refractivity contribution < 1.29 is 24.1 Å². The Morgan fingerprint density at radius 1 is 0.793 bits per heavy atom. The molecule has 0 unspecified atom stereocenters. The molecule has 0 spiro atoms. The van der Waals surface area contributed by atoms with E-state index >= 15 is 0 Å². The molecule has 0 saturated carbocycles. The van der Waals surface area contributed by atoms with E-state index in [1.54, 1.807) is 24.3 Å². The fourth-order valence-electron chi connectivity index (χ4n) is 3.08. The summed E-state index contributed by atoms with van der Waals surface area (Å²) in [6.45, 7) is 0. The van der Waals surface area contributed by atoms with Crippen LogP contribution in [0.25, 0.3) is 22.8 Å². The number of hydrogen-bond donors (Lipinski definition) is 0. The zero-order valence-corrected chi connectivity index (χ0v) is 16.5. The number of benzene rings is 3. The number of aliphatic carboxylic acids is 1. The summed E-state index contributed by atoms with van der Waals surface area (Å²) < 4.78 is 16.0. The quantitative estimate of drug-likeness (QED) is 0.456. The molecule has 29 heavy (non-hydrogen) atoms. The lowest BCUT2D eigenvalue weighted by Gasteiger charge is -2.14. The van der Waals surface area contributed by atoms with Crippen molar-refractivity contribution in [2.75, 3.05) is 21.3 Å². The molecule has 0 N–H and O–H groups in total. The Morgan fingerprint density at radius 3 is 1.83 bits per heavy atom. The molecule has 148 valence electrons. The van der Waals surface area contributed by atoms with Crippen molar-refractivity contribution in [1.29, 1.82) is 0 Å². The first-order valence-electron chi connectivity index (χ1n) is 8.96. The van der Waals surface area contributed by atoms with Crippen molar-refractivity contribution in [2.24, 2.45) is 0 Å². The summed E-state index contributed by atoms with van der Waals surface area (Å²) in [4.78, 5) is 11.8. The van der Waals surface area contributed by atoms with Crippen LogP contribution in [0.1, 0.15) is 11.1 Å². The molecule has 5 heteroatoms. The van der Waals surface area contributed by atoms with Gasteiger partial charge in [0.15, 0.2) is 11.5 Å². The first-order valence-corrected chi connectivity index (χ1v) is 8.96. The summed E-state index contributed by atoms with van der Waals surface area (Å²) in [6, 6.07) is 20.5. The van der Waals surface area contributed by atoms with Gasteiger partial charge in [0, 0.05) is 5.57 Å². The minimum Gasteiger partial charge on any atom is -0.545 e. The summed E-state index contributed by atoms with van der Waals surface area (Å²) in [5, 5.41) is 11.8. The maximum atomic E-state index is 11.8. The molecule has 5 nitrogen and oxygen atoms in total. The van der Waals surface area contributed by atoms with Crippen LogP contribution in [0.3, 0.4) is 0 Å². The lowest BCUT2D eigenvalue weighted by atomic mass is 9.98. The van der Waals surface area contributed by atoms with E-state index in [-0.39, 0.29) is 5.57 Å². The van der Waals surface area contributed by atoms with E-state index < -0.39 is 5.97 Å². The maximum absolute atomic E-state index is 11.8. The van der Waals surface area contributed by atoms with Gasteiger partial charge in [-0.05, 0) is 40.5 Å². The molecule has 0 fully saturated rings. The van der Waals surface area contributed by atoms with E-state index in [0.29, 0.717) is 28.4 Å². The molecule has 0 heterocycles. The molecule has 0 saturated heterocycles. The van der Waals surface area contributed by atoms with Gasteiger partial charge < -0.3 is 24.1 Å². The van der Waals surface area contributed by atoms with Crippen LogP contribution >= 0.6 is 0 Å². The zero-order valence-electron chi connectivity index (χ0n) is 16.5. The van der Waals surface area contributed by atoms with Crippen LogP contribution < -0.4 is 19.3 Å². The molecule has 0 aliphatic heterocycles. The number of rotatable bonds is 7. The third-order valence-electron chi connectivity index (χ3n) is 4.52. The van der Waals surface area contributed by atoms with Gasteiger partial charge in [0.05, 0.1) is 27.3 Å². The largest absolute Gasteiger partial charge is 0.545 e. The van der Waals surface area contributed by atoms with Gasteiger partial charge in [-0.15, -0.1) is 0 Å². The van der Waals surface area contributed by atoms with E-state index in [0.717, 1.165) is 11.1 Å². The predicted molar refractivity (Wildman–Crippen MR) is 111 cm³/mol. The Morgan fingerprint density at radius 2 is 1.34 bits per heavy atom. The normalized spacial score (nSPS) is 11.1. The van der Waals surface area contributed by atoms with Crippen molar-refractivity contribution in [3.63, 3.8) is 0 Å². The average Bonchev–Trinajstić information content (AvgIpc) is 2.77. The molecule has 0 atom stereocenters. The van der Waals surface area contributed by atoms with Gasteiger partial charge in [-0.1, -0.05) is 54.6 Å². The Bertz CT molecular complexity index is 996. The van der Waals surface area contributed by atoms with Gasteiger partial charge in [0.1, 0.15) is 0 Å². The van der Waals surface area contributed by atoms with Crippen LogP contribution in [-0.4, -0.2) is 27.3 Å². The van der Waals surface area contributed by atoms with Gasteiger partial charge in [0.2, 0.25) is 5.75 Å². The number of carbonyl (C=O) groups excluding carboxylic acids is 1. The zero-order chi connectivity index (χ0) is 20.8. The summed E-state index contributed by atoms with van der Waals surface area (Å²) in [7, 11) is 4.52. The first-order chi connectivity index (χ1) is 14.1. The molecule has 3 aromatic rings. The molecule has 0 aliphatic rings. The van der Waals surface area contributed by atoms with Gasteiger partial charge in [-0.25, -0.2) is 0 Å². The molecule has 0 aliphatic carbocycles. The lowest BCUT2D eigenvalue weighted by Crippen LogP contribution is -2.23. The van der Waals surface area contributed by atoms with Gasteiger partial charge in [0.25, 0.3) is 0 Å². The molecule has 3 aromatic carbocycles. The fraction of sp³-hybridized carbons (Fsp3) is 0.125. The van der Waals surface area contributed by atoms with E-state index in [4.69, 9.17) is 14.2 Å². The Balaban J connectivity index is 2.02. The molecule has 0 amide bonds. The highest BCUT2D eigenvalue weighted by molar-refractivity contribution is 6.19. The van der Waals surface area contributed by atoms with Crippen LogP contribution in [0.4, 0.5) is 0 Å². The highest BCUT2D eigenvalue weighted by atomic mass is 16.5. The Kier molecular flexibility index (Phi) is 6.19. The highest BCUT2D eigenvalue weighted by Gasteiger charge is 2.13. The molecule has 0 bridgehead atoms. The monoisotopic (exact) mass is 389 g/mol. The molecular formula is C24H21O5-. The Hall–Kier alpha value is -3.73. The second kappa shape index (κ2) is 8.97. The van der Waals surface area contributed by atoms with Crippen molar-refractivity contribution in [3.05, 3.63) is 77.9 Å². The van der Waals surface area contributed by atoms with Crippen LogP contribution in [0.2, 0.25) is 0 Å². The highest BCUT2D eigenvalue weighted by Crippen LogP contribution is 2.39. The maximum Gasteiger partial charge on any atom is 0.203 e. The minimum absolute atomic E-state index is 0.0545. The predicted octanol–water partition coefficient (Wildman–Crippen LogP) is 3.67. The number of hydrogen-bond acceptors (Lipinski definition) is 5. The van der Waals surface area contributed by atoms with Crippen LogP contribution in [0, 0.1) is 0 Å².